The van der Waals surface area contributed by atoms with Crippen molar-refractivity contribution in [2.45, 2.75) is 39.7 Å². The highest BCUT2D eigenvalue weighted by molar-refractivity contribution is 9.10. The van der Waals surface area contributed by atoms with E-state index in [1.165, 1.54) is 0 Å². The molecule has 1 aromatic rings. The van der Waals surface area contributed by atoms with Gasteiger partial charge in [0.05, 0.1) is 5.69 Å². The number of hydrogen-bond acceptors (Lipinski definition) is 3. The molecule has 0 saturated carbocycles. The third kappa shape index (κ3) is 3.28. The second-order valence-corrected chi connectivity index (χ2v) is 5.47. The predicted octanol–water partition coefficient (Wildman–Crippen LogP) is 2.32. The van der Waals surface area contributed by atoms with E-state index in [9.17, 15) is 0 Å². The highest BCUT2D eigenvalue weighted by atomic mass is 79.9. The maximum absolute atomic E-state index is 4.02. The van der Waals surface area contributed by atoms with Crippen LogP contribution in [0.4, 0.5) is 0 Å². The molecule has 0 aliphatic carbocycles. The van der Waals surface area contributed by atoms with Gasteiger partial charge in [-0.2, -0.15) is 0 Å². The third-order valence-corrected chi connectivity index (χ3v) is 3.52. The Bertz CT molecular complexity index is 315. The Labute approximate surface area is 106 Å². The van der Waals surface area contributed by atoms with Crippen LogP contribution in [-0.2, 0) is 7.05 Å². The van der Waals surface area contributed by atoms with Crippen molar-refractivity contribution in [3.63, 3.8) is 0 Å². The van der Waals surface area contributed by atoms with Crippen molar-refractivity contribution in [2.24, 2.45) is 13.0 Å². The van der Waals surface area contributed by atoms with Crippen molar-refractivity contribution in [1.82, 2.24) is 20.3 Å². The zero-order chi connectivity index (χ0) is 12.3. The van der Waals surface area contributed by atoms with Gasteiger partial charge in [0.15, 0.2) is 4.60 Å². The van der Waals surface area contributed by atoms with Crippen LogP contribution >= 0.6 is 15.9 Å². The molecule has 92 valence electrons. The molecule has 1 rings (SSSR count). The summed E-state index contributed by atoms with van der Waals surface area (Å²) in [4.78, 5) is 0. The van der Waals surface area contributed by atoms with Crippen LogP contribution in [0.15, 0.2) is 4.60 Å². The largest absolute Gasteiger partial charge is 0.314 e. The summed E-state index contributed by atoms with van der Waals surface area (Å²) in [6.45, 7) is 9.81. The van der Waals surface area contributed by atoms with E-state index in [4.69, 9.17) is 0 Å². The van der Waals surface area contributed by atoms with Gasteiger partial charge < -0.3 is 5.32 Å². The van der Waals surface area contributed by atoms with Gasteiger partial charge >= 0.3 is 0 Å². The van der Waals surface area contributed by atoms with Crippen LogP contribution in [0, 0.1) is 5.92 Å². The van der Waals surface area contributed by atoms with Crippen LogP contribution in [-0.4, -0.2) is 27.6 Å². The van der Waals surface area contributed by atoms with Gasteiger partial charge in [0.2, 0.25) is 0 Å². The molecule has 0 saturated heterocycles. The molecule has 0 aliphatic heterocycles. The molecule has 0 spiro atoms. The molecule has 1 heterocycles. The molecule has 2 atom stereocenters. The molecule has 5 heteroatoms. The van der Waals surface area contributed by atoms with Gasteiger partial charge in [-0.1, -0.05) is 32.9 Å². The summed E-state index contributed by atoms with van der Waals surface area (Å²) < 4.78 is 2.71. The standard InChI is InChI=1S/C11H21BrN4/c1-7(2)13-6-8(3)9(4)10-11(12)14-15-16(10)5/h7-9,13H,6H2,1-5H3. The second-order valence-electron chi connectivity index (χ2n) is 4.72. The van der Waals surface area contributed by atoms with Gasteiger partial charge in [-0.05, 0) is 28.4 Å². The smallest absolute Gasteiger partial charge is 0.151 e. The van der Waals surface area contributed by atoms with Crippen LogP contribution in [0.3, 0.4) is 0 Å². The van der Waals surface area contributed by atoms with Crippen LogP contribution in [0.1, 0.15) is 39.3 Å². The molecule has 0 aromatic carbocycles. The monoisotopic (exact) mass is 288 g/mol. The summed E-state index contributed by atoms with van der Waals surface area (Å²) in [5, 5.41) is 11.5. The fraction of sp³-hybridized carbons (Fsp3) is 0.818. The first kappa shape index (κ1) is 13.6. The molecule has 0 fully saturated rings. The lowest BCUT2D eigenvalue weighted by molar-refractivity contribution is 0.411. The molecule has 0 aliphatic rings. The average molecular weight is 289 g/mol. The third-order valence-electron chi connectivity index (χ3n) is 2.96. The van der Waals surface area contributed by atoms with Gasteiger partial charge in [0, 0.05) is 19.0 Å². The van der Waals surface area contributed by atoms with Crippen molar-refractivity contribution in [1.29, 1.82) is 0 Å². The summed E-state index contributed by atoms with van der Waals surface area (Å²) in [6, 6.07) is 0.530. The SMILES string of the molecule is CC(C)NCC(C)C(C)c1c(Br)nnn1C. The number of nitrogens with one attached hydrogen (secondary N) is 1. The van der Waals surface area contributed by atoms with Gasteiger partial charge in [-0.3, -0.25) is 4.68 Å². The van der Waals surface area contributed by atoms with Crippen LogP contribution in [0.2, 0.25) is 0 Å². The van der Waals surface area contributed by atoms with Crippen LogP contribution in [0.25, 0.3) is 0 Å². The van der Waals surface area contributed by atoms with Crippen molar-refractivity contribution >= 4 is 15.9 Å². The molecular weight excluding hydrogens is 268 g/mol. The fourth-order valence-electron chi connectivity index (χ4n) is 1.69. The molecule has 16 heavy (non-hydrogen) atoms. The van der Waals surface area contributed by atoms with E-state index in [2.05, 4.69) is 59.3 Å². The normalized spacial score (nSPS) is 15.4. The van der Waals surface area contributed by atoms with Gasteiger partial charge in [-0.25, -0.2) is 0 Å². The summed E-state index contributed by atoms with van der Waals surface area (Å²) in [5.41, 5.74) is 1.16. The lowest BCUT2D eigenvalue weighted by Crippen LogP contribution is -2.30. The first-order valence-electron chi connectivity index (χ1n) is 5.72. The van der Waals surface area contributed by atoms with E-state index < -0.39 is 0 Å². The number of aryl methyl sites for hydroxylation is 1. The van der Waals surface area contributed by atoms with E-state index in [1.807, 2.05) is 11.7 Å². The van der Waals surface area contributed by atoms with E-state index in [1.54, 1.807) is 0 Å². The van der Waals surface area contributed by atoms with E-state index in [0.717, 1.165) is 16.8 Å². The lowest BCUT2D eigenvalue weighted by atomic mass is 9.93. The Morgan fingerprint density at radius 2 is 1.94 bits per heavy atom. The molecule has 0 bridgehead atoms. The van der Waals surface area contributed by atoms with Gasteiger partial charge in [0.25, 0.3) is 0 Å². The summed E-state index contributed by atoms with van der Waals surface area (Å²) in [6.07, 6.45) is 0. The van der Waals surface area contributed by atoms with E-state index >= 15 is 0 Å². The Balaban J connectivity index is 2.66. The fourth-order valence-corrected chi connectivity index (χ4v) is 2.38. The Hall–Kier alpha value is -0.420. The Kier molecular flexibility index (Phi) is 4.92. The maximum Gasteiger partial charge on any atom is 0.151 e. The zero-order valence-corrected chi connectivity index (χ0v) is 12.2. The summed E-state index contributed by atoms with van der Waals surface area (Å²) in [7, 11) is 1.94. The van der Waals surface area contributed by atoms with Gasteiger partial charge in [0.1, 0.15) is 0 Å². The highest BCUT2D eigenvalue weighted by Gasteiger charge is 2.21. The molecule has 0 radical (unpaired) electrons. The molecule has 4 nitrogen and oxygen atoms in total. The predicted molar refractivity (Wildman–Crippen MR) is 69.4 cm³/mol. The van der Waals surface area contributed by atoms with Crippen molar-refractivity contribution in [3.8, 4) is 0 Å². The quantitative estimate of drug-likeness (QED) is 0.904. The zero-order valence-electron chi connectivity index (χ0n) is 10.7. The minimum Gasteiger partial charge on any atom is -0.314 e. The summed E-state index contributed by atoms with van der Waals surface area (Å²) >= 11 is 3.45. The Morgan fingerprint density at radius 3 is 2.38 bits per heavy atom. The van der Waals surface area contributed by atoms with Crippen molar-refractivity contribution < 1.29 is 0 Å². The molecule has 1 N–H and O–H groups in total. The van der Waals surface area contributed by atoms with Gasteiger partial charge in [-0.15, -0.1) is 5.10 Å². The van der Waals surface area contributed by atoms with E-state index in [-0.39, 0.29) is 0 Å². The topological polar surface area (TPSA) is 42.7 Å². The molecular formula is C11H21BrN4. The minimum absolute atomic E-state index is 0.431. The number of rotatable bonds is 5. The summed E-state index contributed by atoms with van der Waals surface area (Å²) in [5.74, 6) is 0.983. The first-order chi connectivity index (χ1) is 7.43. The highest BCUT2D eigenvalue weighted by Crippen LogP contribution is 2.27. The van der Waals surface area contributed by atoms with Crippen molar-refractivity contribution in [3.05, 3.63) is 10.3 Å². The number of hydrogen-bond donors (Lipinski definition) is 1. The lowest BCUT2D eigenvalue weighted by Gasteiger charge is -2.21. The number of nitrogens with zero attached hydrogens (tertiary/aromatic N) is 3. The Morgan fingerprint density at radius 1 is 1.31 bits per heavy atom. The second kappa shape index (κ2) is 5.77. The number of halogens is 1. The van der Waals surface area contributed by atoms with Crippen LogP contribution < -0.4 is 5.32 Å². The van der Waals surface area contributed by atoms with Crippen molar-refractivity contribution in [2.75, 3.05) is 6.54 Å². The van der Waals surface area contributed by atoms with Crippen LogP contribution in [0.5, 0.6) is 0 Å². The maximum atomic E-state index is 4.02. The number of aromatic nitrogens is 3. The molecule has 0 amide bonds. The first-order valence-corrected chi connectivity index (χ1v) is 6.51. The molecule has 1 aromatic heterocycles. The minimum atomic E-state index is 0.431. The average Bonchev–Trinajstić information content (AvgIpc) is 2.54. The van der Waals surface area contributed by atoms with E-state index in [0.29, 0.717) is 17.9 Å². The molecule has 2 unspecified atom stereocenters.